The molecule has 3 amide bonds. The summed E-state index contributed by atoms with van der Waals surface area (Å²) in [5.41, 5.74) is 0. The van der Waals surface area contributed by atoms with Gasteiger partial charge in [-0.3, -0.25) is 4.79 Å². The van der Waals surface area contributed by atoms with Crippen LogP contribution in [0, 0.1) is 0 Å². The Morgan fingerprint density at radius 1 is 1.24 bits per heavy atom. The Hall–Kier alpha value is -1.30. The van der Waals surface area contributed by atoms with Gasteiger partial charge in [-0.1, -0.05) is 0 Å². The second-order valence-electron chi connectivity index (χ2n) is 6.25. The van der Waals surface area contributed by atoms with E-state index in [2.05, 4.69) is 5.32 Å². The summed E-state index contributed by atoms with van der Waals surface area (Å²) in [7, 11) is 0. The number of nitrogens with one attached hydrogen (secondary N) is 1. The van der Waals surface area contributed by atoms with Gasteiger partial charge in [-0.2, -0.15) is 0 Å². The molecule has 2 unspecified atom stereocenters. The number of carbonyl (C=O) groups excluding carboxylic acids is 2. The fourth-order valence-corrected chi connectivity index (χ4v) is 3.57. The summed E-state index contributed by atoms with van der Waals surface area (Å²) in [5, 5.41) is 2.98. The fraction of sp³-hybridized carbons (Fsp3) is 0.867. The van der Waals surface area contributed by atoms with Gasteiger partial charge in [0.25, 0.3) is 0 Å². The van der Waals surface area contributed by atoms with Gasteiger partial charge in [0.1, 0.15) is 0 Å². The summed E-state index contributed by atoms with van der Waals surface area (Å²) in [5.74, 6) is 0.251. The van der Waals surface area contributed by atoms with Crippen LogP contribution in [-0.2, 0) is 9.53 Å². The average Bonchev–Trinajstić information content (AvgIpc) is 3.16. The average molecular weight is 295 g/mol. The highest BCUT2D eigenvalue weighted by molar-refractivity contribution is 5.79. The minimum atomic E-state index is -0.0122. The van der Waals surface area contributed by atoms with E-state index in [9.17, 15) is 9.59 Å². The van der Waals surface area contributed by atoms with Gasteiger partial charge in [-0.15, -0.1) is 0 Å². The smallest absolute Gasteiger partial charge is 0.317 e. The number of piperidine rings is 1. The molecule has 3 aliphatic rings. The number of hydrogen-bond acceptors (Lipinski definition) is 3. The predicted molar refractivity (Wildman–Crippen MR) is 77.9 cm³/mol. The zero-order valence-electron chi connectivity index (χ0n) is 12.6. The van der Waals surface area contributed by atoms with Crippen LogP contribution in [0.15, 0.2) is 0 Å². The summed E-state index contributed by atoms with van der Waals surface area (Å²) >= 11 is 0. The standard InChI is InChI=1S/C15H25N3O3/c19-14-6-2-8-18(14)12-4-1-7-17(11-12)15(20)16-10-13-5-3-9-21-13/h12-13H,1-11H2,(H,16,20). The Morgan fingerprint density at radius 2 is 2.14 bits per heavy atom. The summed E-state index contributed by atoms with van der Waals surface area (Å²) < 4.78 is 5.52. The molecule has 6 heteroatoms. The highest BCUT2D eigenvalue weighted by Crippen LogP contribution is 2.21. The highest BCUT2D eigenvalue weighted by atomic mass is 16.5. The van der Waals surface area contributed by atoms with E-state index >= 15 is 0 Å². The molecule has 0 aliphatic carbocycles. The van der Waals surface area contributed by atoms with Gasteiger partial charge in [-0.05, 0) is 32.1 Å². The van der Waals surface area contributed by atoms with E-state index in [1.165, 1.54) is 0 Å². The largest absolute Gasteiger partial charge is 0.376 e. The molecule has 0 aromatic heterocycles. The van der Waals surface area contributed by atoms with Crippen molar-refractivity contribution in [2.75, 3.05) is 32.8 Å². The monoisotopic (exact) mass is 295 g/mol. The molecular formula is C15H25N3O3. The summed E-state index contributed by atoms with van der Waals surface area (Å²) in [4.78, 5) is 27.9. The molecule has 21 heavy (non-hydrogen) atoms. The van der Waals surface area contributed by atoms with Gasteiger partial charge in [0, 0.05) is 45.2 Å². The first-order valence-electron chi connectivity index (χ1n) is 8.18. The first kappa shape index (κ1) is 14.6. The van der Waals surface area contributed by atoms with Crippen molar-refractivity contribution in [3.8, 4) is 0 Å². The second kappa shape index (κ2) is 6.64. The minimum Gasteiger partial charge on any atom is -0.376 e. The third-order valence-corrected chi connectivity index (χ3v) is 4.74. The van der Waals surface area contributed by atoms with Gasteiger partial charge in [0.2, 0.25) is 5.91 Å². The molecule has 0 bridgehead atoms. The van der Waals surface area contributed by atoms with Crippen LogP contribution >= 0.6 is 0 Å². The molecule has 1 N–H and O–H groups in total. The van der Waals surface area contributed by atoms with Crippen molar-refractivity contribution in [2.45, 2.75) is 50.7 Å². The summed E-state index contributed by atoms with van der Waals surface area (Å²) in [6, 6.07) is 0.198. The highest BCUT2D eigenvalue weighted by Gasteiger charge is 2.32. The molecule has 2 atom stereocenters. The fourth-order valence-electron chi connectivity index (χ4n) is 3.57. The first-order chi connectivity index (χ1) is 10.2. The lowest BCUT2D eigenvalue weighted by Crippen LogP contribution is -2.53. The van der Waals surface area contributed by atoms with E-state index in [4.69, 9.17) is 4.74 Å². The molecule has 3 rings (SSSR count). The predicted octanol–water partition coefficient (Wildman–Crippen LogP) is 0.962. The van der Waals surface area contributed by atoms with E-state index in [1.807, 2.05) is 9.80 Å². The number of nitrogens with zero attached hydrogens (tertiary/aromatic N) is 2. The van der Waals surface area contributed by atoms with Crippen molar-refractivity contribution in [3.63, 3.8) is 0 Å². The van der Waals surface area contributed by atoms with Crippen molar-refractivity contribution in [1.82, 2.24) is 15.1 Å². The van der Waals surface area contributed by atoms with Crippen molar-refractivity contribution in [3.05, 3.63) is 0 Å². The molecule has 3 heterocycles. The Morgan fingerprint density at radius 3 is 2.86 bits per heavy atom. The van der Waals surface area contributed by atoms with Gasteiger partial charge < -0.3 is 19.9 Å². The zero-order chi connectivity index (χ0) is 14.7. The summed E-state index contributed by atoms with van der Waals surface area (Å²) in [6.45, 7) is 3.72. The van der Waals surface area contributed by atoms with E-state index in [0.29, 0.717) is 19.5 Å². The molecule has 0 saturated carbocycles. The number of urea groups is 1. The maximum atomic E-state index is 12.3. The van der Waals surface area contributed by atoms with Crippen LogP contribution in [0.2, 0.25) is 0 Å². The maximum absolute atomic E-state index is 12.3. The first-order valence-corrected chi connectivity index (χ1v) is 8.18. The molecule has 3 aliphatic heterocycles. The Bertz CT molecular complexity index is 396. The number of amides is 3. The number of hydrogen-bond donors (Lipinski definition) is 1. The van der Waals surface area contributed by atoms with Crippen LogP contribution in [0.1, 0.15) is 38.5 Å². The van der Waals surface area contributed by atoms with E-state index in [0.717, 1.165) is 51.8 Å². The van der Waals surface area contributed by atoms with Crippen molar-refractivity contribution in [2.24, 2.45) is 0 Å². The van der Waals surface area contributed by atoms with Crippen LogP contribution in [-0.4, -0.2) is 66.7 Å². The molecule has 6 nitrogen and oxygen atoms in total. The molecule has 0 aromatic carbocycles. The molecule has 0 radical (unpaired) electrons. The van der Waals surface area contributed by atoms with E-state index in [1.54, 1.807) is 0 Å². The SMILES string of the molecule is O=C(NCC1CCCO1)N1CCCC(N2CCCC2=O)C1. The second-order valence-corrected chi connectivity index (χ2v) is 6.25. The lowest BCUT2D eigenvalue weighted by Gasteiger charge is -2.37. The van der Waals surface area contributed by atoms with Gasteiger partial charge in [0.05, 0.1) is 6.10 Å². The van der Waals surface area contributed by atoms with Crippen LogP contribution in [0.4, 0.5) is 4.79 Å². The summed E-state index contributed by atoms with van der Waals surface area (Å²) in [6.07, 6.45) is 5.91. The Labute approximate surface area is 125 Å². The van der Waals surface area contributed by atoms with E-state index in [-0.39, 0.29) is 24.1 Å². The molecule has 0 aromatic rings. The molecule has 0 spiro atoms. The van der Waals surface area contributed by atoms with Gasteiger partial charge in [-0.25, -0.2) is 4.79 Å². The Kier molecular flexibility index (Phi) is 4.63. The molecular weight excluding hydrogens is 270 g/mol. The normalized spacial score (nSPS) is 30.0. The lowest BCUT2D eigenvalue weighted by atomic mass is 10.0. The molecule has 3 fully saturated rings. The number of likely N-dealkylation sites (tertiary alicyclic amines) is 2. The zero-order valence-corrected chi connectivity index (χ0v) is 12.6. The van der Waals surface area contributed by atoms with E-state index < -0.39 is 0 Å². The minimum absolute atomic E-state index is 0.0122. The van der Waals surface area contributed by atoms with Gasteiger partial charge in [0.15, 0.2) is 0 Å². The van der Waals surface area contributed by atoms with Crippen molar-refractivity contribution < 1.29 is 14.3 Å². The Balaban J connectivity index is 1.48. The van der Waals surface area contributed by atoms with Crippen molar-refractivity contribution in [1.29, 1.82) is 0 Å². The number of rotatable bonds is 3. The van der Waals surface area contributed by atoms with Crippen molar-refractivity contribution >= 4 is 11.9 Å². The quantitative estimate of drug-likeness (QED) is 0.843. The van der Waals surface area contributed by atoms with Crippen LogP contribution < -0.4 is 5.32 Å². The third-order valence-electron chi connectivity index (χ3n) is 4.74. The third kappa shape index (κ3) is 3.48. The lowest BCUT2D eigenvalue weighted by molar-refractivity contribution is -0.130. The maximum Gasteiger partial charge on any atom is 0.317 e. The number of carbonyl (C=O) groups is 2. The van der Waals surface area contributed by atoms with Crippen LogP contribution in [0.3, 0.4) is 0 Å². The van der Waals surface area contributed by atoms with Gasteiger partial charge >= 0.3 is 6.03 Å². The molecule has 118 valence electrons. The number of ether oxygens (including phenoxy) is 1. The van der Waals surface area contributed by atoms with Crippen LogP contribution in [0.25, 0.3) is 0 Å². The topological polar surface area (TPSA) is 61.9 Å². The van der Waals surface area contributed by atoms with Crippen LogP contribution in [0.5, 0.6) is 0 Å². The molecule has 3 saturated heterocycles.